The van der Waals surface area contributed by atoms with Gasteiger partial charge in [0.05, 0.1) is 12.8 Å². The number of hydrogen-bond donors (Lipinski definition) is 2. The summed E-state index contributed by atoms with van der Waals surface area (Å²) in [7, 11) is 1.53. The van der Waals surface area contributed by atoms with Crippen molar-refractivity contribution >= 4 is 28.8 Å². The maximum Gasteiger partial charge on any atom is 0.224 e. The smallest absolute Gasteiger partial charge is 0.224 e. The number of hydrogen-bond acceptors (Lipinski definition) is 3. The second kappa shape index (κ2) is 5.46. The Bertz CT molecular complexity index is 418. The third-order valence-corrected chi connectivity index (χ3v) is 2.32. The molecule has 0 bridgehead atoms. The number of ether oxygens (including phenoxy) is 1. The predicted octanol–water partition coefficient (Wildman–Crippen LogP) is 1.68. The molecule has 0 radical (unpaired) electrons. The van der Waals surface area contributed by atoms with Gasteiger partial charge in [-0.25, -0.2) is 0 Å². The maximum absolute atomic E-state index is 11.4. The van der Waals surface area contributed by atoms with E-state index in [4.69, 9.17) is 22.7 Å². The first-order chi connectivity index (χ1) is 7.60. The lowest BCUT2D eigenvalue weighted by Gasteiger charge is -2.13. The van der Waals surface area contributed by atoms with Crippen LogP contribution >= 0.6 is 12.2 Å². The molecule has 1 rings (SSSR count). The van der Waals surface area contributed by atoms with Gasteiger partial charge in [-0.05, 0) is 12.1 Å². The molecule has 5 heteroatoms. The third-order valence-electron chi connectivity index (χ3n) is 2.10. The van der Waals surface area contributed by atoms with Crippen LogP contribution in [0, 0.1) is 0 Å². The van der Waals surface area contributed by atoms with Crippen molar-refractivity contribution in [2.45, 2.75) is 13.3 Å². The fourth-order valence-electron chi connectivity index (χ4n) is 1.26. The Morgan fingerprint density at radius 3 is 2.75 bits per heavy atom. The quantitative estimate of drug-likeness (QED) is 0.783. The van der Waals surface area contributed by atoms with Crippen molar-refractivity contribution in [2.24, 2.45) is 5.73 Å². The Morgan fingerprint density at radius 1 is 1.56 bits per heavy atom. The number of anilines is 1. The van der Waals surface area contributed by atoms with E-state index in [1.54, 1.807) is 25.1 Å². The van der Waals surface area contributed by atoms with E-state index >= 15 is 0 Å². The molecule has 0 atom stereocenters. The van der Waals surface area contributed by atoms with Crippen LogP contribution in [0.15, 0.2) is 18.2 Å². The van der Waals surface area contributed by atoms with Crippen LogP contribution in [0.4, 0.5) is 5.69 Å². The molecule has 0 aliphatic rings. The molecular formula is C11H14N2O2S. The second-order valence-corrected chi connectivity index (χ2v) is 3.59. The highest BCUT2D eigenvalue weighted by atomic mass is 32.1. The lowest BCUT2D eigenvalue weighted by molar-refractivity contribution is -0.115. The number of methoxy groups -OCH3 is 1. The Kier molecular flexibility index (Phi) is 4.25. The number of benzene rings is 1. The molecule has 0 spiro atoms. The molecule has 1 amide bonds. The van der Waals surface area contributed by atoms with E-state index in [0.717, 1.165) is 0 Å². The molecule has 16 heavy (non-hydrogen) atoms. The molecule has 0 aliphatic carbocycles. The van der Waals surface area contributed by atoms with Crippen LogP contribution in [0.2, 0.25) is 0 Å². The molecule has 86 valence electrons. The number of nitrogens with two attached hydrogens (primary N) is 1. The largest absolute Gasteiger partial charge is 0.495 e. The number of rotatable bonds is 4. The summed E-state index contributed by atoms with van der Waals surface area (Å²) in [6, 6.07) is 5.26. The minimum absolute atomic E-state index is 0.109. The van der Waals surface area contributed by atoms with Gasteiger partial charge >= 0.3 is 0 Å². The molecule has 4 nitrogen and oxygen atoms in total. The predicted molar refractivity (Wildman–Crippen MR) is 67.8 cm³/mol. The second-order valence-electron chi connectivity index (χ2n) is 3.15. The number of amides is 1. The van der Waals surface area contributed by atoms with Gasteiger partial charge in [0, 0.05) is 12.0 Å². The summed E-state index contributed by atoms with van der Waals surface area (Å²) in [6.07, 6.45) is 0.384. The topological polar surface area (TPSA) is 64.3 Å². The van der Waals surface area contributed by atoms with Gasteiger partial charge in [0.25, 0.3) is 0 Å². The van der Waals surface area contributed by atoms with E-state index in [2.05, 4.69) is 5.32 Å². The van der Waals surface area contributed by atoms with Crippen molar-refractivity contribution in [3.05, 3.63) is 23.8 Å². The zero-order chi connectivity index (χ0) is 12.1. The molecule has 0 unspecified atom stereocenters. The van der Waals surface area contributed by atoms with Crippen molar-refractivity contribution in [1.82, 2.24) is 0 Å². The van der Waals surface area contributed by atoms with E-state index in [9.17, 15) is 4.79 Å². The summed E-state index contributed by atoms with van der Waals surface area (Å²) in [5.74, 6) is 0.439. The van der Waals surface area contributed by atoms with Crippen LogP contribution in [-0.4, -0.2) is 18.0 Å². The average molecular weight is 238 g/mol. The van der Waals surface area contributed by atoms with E-state index in [1.165, 1.54) is 7.11 Å². The van der Waals surface area contributed by atoms with Gasteiger partial charge in [-0.3, -0.25) is 4.79 Å². The van der Waals surface area contributed by atoms with Crippen LogP contribution in [0.3, 0.4) is 0 Å². The number of thiocarbonyl (C=S) groups is 1. The Morgan fingerprint density at radius 2 is 2.25 bits per heavy atom. The van der Waals surface area contributed by atoms with Crippen LogP contribution in [0.25, 0.3) is 0 Å². The van der Waals surface area contributed by atoms with Gasteiger partial charge in [-0.15, -0.1) is 0 Å². The Hall–Kier alpha value is -1.62. The highest BCUT2D eigenvalue weighted by molar-refractivity contribution is 7.80. The number of para-hydroxylation sites is 1. The lowest BCUT2D eigenvalue weighted by Crippen LogP contribution is -2.17. The number of carbonyl (C=O) groups is 1. The summed E-state index contributed by atoms with van der Waals surface area (Å²) in [5, 5.41) is 2.73. The van der Waals surface area contributed by atoms with E-state index in [-0.39, 0.29) is 10.9 Å². The van der Waals surface area contributed by atoms with Gasteiger partial charge < -0.3 is 15.8 Å². The standard InChI is InChI=1S/C11H14N2O2S/c1-3-9(14)13-10-7(11(12)16)5-4-6-8(10)15-2/h4-6H,3H2,1-2H3,(H2,12,16)(H,13,14). The minimum atomic E-state index is -0.109. The van der Waals surface area contributed by atoms with Crippen LogP contribution in [0.1, 0.15) is 18.9 Å². The number of nitrogens with one attached hydrogen (secondary N) is 1. The van der Waals surface area contributed by atoms with Crippen molar-refractivity contribution in [3.63, 3.8) is 0 Å². The van der Waals surface area contributed by atoms with E-state index in [1.807, 2.05) is 0 Å². The van der Waals surface area contributed by atoms with E-state index < -0.39 is 0 Å². The minimum Gasteiger partial charge on any atom is -0.495 e. The van der Waals surface area contributed by atoms with Gasteiger partial charge in [0.2, 0.25) is 5.91 Å². The van der Waals surface area contributed by atoms with Gasteiger partial charge in [-0.1, -0.05) is 25.2 Å². The van der Waals surface area contributed by atoms with Crippen molar-refractivity contribution in [2.75, 3.05) is 12.4 Å². The van der Waals surface area contributed by atoms with Gasteiger partial charge in [0.1, 0.15) is 10.7 Å². The van der Waals surface area contributed by atoms with Crippen LogP contribution in [-0.2, 0) is 4.79 Å². The van der Waals surface area contributed by atoms with Crippen molar-refractivity contribution < 1.29 is 9.53 Å². The molecule has 0 aromatic heterocycles. The first kappa shape index (κ1) is 12.4. The molecule has 0 fully saturated rings. The number of carbonyl (C=O) groups excluding carboxylic acids is 1. The van der Waals surface area contributed by atoms with Crippen molar-refractivity contribution in [3.8, 4) is 5.75 Å². The Labute approximate surface area is 99.8 Å². The summed E-state index contributed by atoms with van der Waals surface area (Å²) in [4.78, 5) is 11.6. The molecule has 0 saturated carbocycles. The normalized spacial score (nSPS) is 9.62. The first-order valence-corrected chi connectivity index (χ1v) is 5.27. The zero-order valence-corrected chi connectivity index (χ0v) is 10.1. The summed E-state index contributed by atoms with van der Waals surface area (Å²) < 4.78 is 5.15. The van der Waals surface area contributed by atoms with E-state index in [0.29, 0.717) is 23.4 Å². The molecule has 0 saturated heterocycles. The molecule has 3 N–H and O–H groups in total. The zero-order valence-electron chi connectivity index (χ0n) is 9.24. The molecule has 0 aliphatic heterocycles. The van der Waals surface area contributed by atoms with Crippen molar-refractivity contribution in [1.29, 1.82) is 0 Å². The summed E-state index contributed by atoms with van der Waals surface area (Å²) in [6.45, 7) is 1.77. The highest BCUT2D eigenvalue weighted by Crippen LogP contribution is 2.28. The molecular weight excluding hydrogens is 224 g/mol. The SMILES string of the molecule is CCC(=O)Nc1c(OC)cccc1C(N)=S. The van der Waals surface area contributed by atoms with Gasteiger partial charge in [0.15, 0.2) is 0 Å². The first-order valence-electron chi connectivity index (χ1n) is 4.86. The summed E-state index contributed by atoms with van der Waals surface area (Å²) in [5.41, 5.74) is 6.72. The van der Waals surface area contributed by atoms with Gasteiger partial charge in [-0.2, -0.15) is 0 Å². The third kappa shape index (κ3) is 2.70. The van der Waals surface area contributed by atoms with Crippen LogP contribution < -0.4 is 15.8 Å². The maximum atomic E-state index is 11.4. The monoisotopic (exact) mass is 238 g/mol. The van der Waals surface area contributed by atoms with Crippen LogP contribution in [0.5, 0.6) is 5.75 Å². The lowest BCUT2D eigenvalue weighted by atomic mass is 10.1. The summed E-state index contributed by atoms with van der Waals surface area (Å²) >= 11 is 4.92. The highest BCUT2D eigenvalue weighted by Gasteiger charge is 2.12. The molecule has 1 aromatic rings. The molecule has 1 aromatic carbocycles. The Balaban J connectivity index is 3.19. The molecule has 0 heterocycles. The fraction of sp³-hybridized carbons (Fsp3) is 0.273. The average Bonchev–Trinajstić information content (AvgIpc) is 2.28. The fourth-order valence-corrected chi connectivity index (χ4v) is 1.43.